The van der Waals surface area contributed by atoms with E-state index in [1.165, 1.54) is 12.0 Å². The van der Waals surface area contributed by atoms with E-state index in [-0.39, 0.29) is 0 Å². The van der Waals surface area contributed by atoms with Gasteiger partial charge < -0.3 is 14.8 Å². The van der Waals surface area contributed by atoms with Crippen molar-refractivity contribution in [3.8, 4) is 5.75 Å². The third-order valence-corrected chi connectivity index (χ3v) is 2.97. The lowest BCUT2D eigenvalue weighted by molar-refractivity contribution is 0.192. The molecule has 3 nitrogen and oxygen atoms in total. The largest absolute Gasteiger partial charge is 0.497 e. The molecule has 0 aliphatic heterocycles. The van der Waals surface area contributed by atoms with E-state index in [9.17, 15) is 0 Å². The van der Waals surface area contributed by atoms with Crippen LogP contribution in [0.4, 0.5) is 0 Å². The van der Waals surface area contributed by atoms with Crippen molar-refractivity contribution in [2.24, 2.45) is 0 Å². The molecule has 3 heteroatoms. The fraction of sp³-hybridized carbons (Fsp3) is 0.600. The number of nitrogens with one attached hydrogen (secondary N) is 1. The van der Waals surface area contributed by atoms with Gasteiger partial charge in [-0.2, -0.15) is 0 Å². The van der Waals surface area contributed by atoms with Gasteiger partial charge in [0.25, 0.3) is 0 Å². The van der Waals surface area contributed by atoms with E-state index in [4.69, 9.17) is 9.47 Å². The highest BCUT2D eigenvalue weighted by Gasteiger charge is 2.02. The highest BCUT2D eigenvalue weighted by molar-refractivity contribution is 5.27. The zero-order valence-electron chi connectivity index (χ0n) is 11.7. The predicted molar refractivity (Wildman–Crippen MR) is 75.3 cm³/mol. The van der Waals surface area contributed by atoms with Gasteiger partial charge in [-0.1, -0.05) is 12.1 Å². The molecule has 0 aliphatic carbocycles. The topological polar surface area (TPSA) is 30.5 Å². The molecule has 0 spiro atoms. The average Bonchev–Trinajstić information content (AvgIpc) is 2.39. The molecular weight excluding hydrogens is 226 g/mol. The van der Waals surface area contributed by atoms with Crippen molar-refractivity contribution >= 4 is 0 Å². The summed E-state index contributed by atoms with van der Waals surface area (Å²) < 4.78 is 10.2. The highest BCUT2D eigenvalue weighted by Crippen LogP contribution is 2.12. The summed E-state index contributed by atoms with van der Waals surface area (Å²) in [5.74, 6) is 0.916. The first-order chi connectivity index (χ1) is 8.76. The van der Waals surface area contributed by atoms with Crippen LogP contribution in [0.2, 0.25) is 0 Å². The maximum atomic E-state index is 5.15. The van der Waals surface area contributed by atoms with Gasteiger partial charge in [-0.05, 0) is 50.4 Å². The van der Waals surface area contributed by atoms with Gasteiger partial charge in [-0.25, -0.2) is 0 Å². The summed E-state index contributed by atoms with van der Waals surface area (Å²) >= 11 is 0. The van der Waals surface area contributed by atoms with Crippen LogP contribution in [0.15, 0.2) is 24.3 Å². The molecule has 1 aromatic rings. The van der Waals surface area contributed by atoms with Crippen LogP contribution in [0.3, 0.4) is 0 Å². The summed E-state index contributed by atoms with van der Waals surface area (Å²) in [7, 11) is 3.44. The van der Waals surface area contributed by atoms with Crippen LogP contribution in [0, 0.1) is 0 Å². The fourth-order valence-electron chi connectivity index (χ4n) is 1.91. The third-order valence-electron chi connectivity index (χ3n) is 2.97. The molecule has 0 saturated carbocycles. The number of methoxy groups -OCH3 is 2. The van der Waals surface area contributed by atoms with Crippen LogP contribution in [-0.4, -0.2) is 33.4 Å². The minimum atomic E-state index is 0.501. The molecule has 1 N–H and O–H groups in total. The molecule has 1 atom stereocenters. The quantitative estimate of drug-likeness (QED) is 0.684. The normalized spacial score (nSPS) is 12.4. The van der Waals surface area contributed by atoms with Crippen LogP contribution in [0.25, 0.3) is 0 Å². The molecule has 0 heterocycles. The second-order valence-corrected chi connectivity index (χ2v) is 4.61. The van der Waals surface area contributed by atoms with Crippen LogP contribution in [-0.2, 0) is 11.2 Å². The van der Waals surface area contributed by atoms with Crippen molar-refractivity contribution in [3.63, 3.8) is 0 Å². The summed E-state index contributed by atoms with van der Waals surface area (Å²) in [6.07, 6.45) is 3.34. The Morgan fingerprint density at radius 2 is 1.83 bits per heavy atom. The molecule has 102 valence electrons. The van der Waals surface area contributed by atoms with E-state index in [0.717, 1.165) is 31.7 Å². The van der Waals surface area contributed by atoms with Crippen molar-refractivity contribution in [3.05, 3.63) is 29.8 Å². The van der Waals surface area contributed by atoms with Crippen LogP contribution >= 0.6 is 0 Å². The molecule has 18 heavy (non-hydrogen) atoms. The molecule has 0 aliphatic rings. The Hall–Kier alpha value is -1.06. The van der Waals surface area contributed by atoms with Gasteiger partial charge in [0.1, 0.15) is 5.75 Å². The summed E-state index contributed by atoms with van der Waals surface area (Å²) in [5.41, 5.74) is 1.34. The standard InChI is InChI=1S/C15H25NO2/c1-13(16-10-4-5-11-17-2)12-14-6-8-15(18-3)9-7-14/h6-9,13,16H,4-5,10-12H2,1-3H3. The van der Waals surface area contributed by atoms with Gasteiger partial charge >= 0.3 is 0 Å². The van der Waals surface area contributed by atoms with E-state index in [1.54, 1.807) is 14.2 Å². The van der Waals surface area contributed by atoms with Gasteiger partial charge in [0.2, 0.25) is 0 Å². The average molecular weight is 251 g/mol. The van der Waals surface area contributed by atoms with Crippen LogP contribution < -0.4 is 10.1 Å². The van der Waals surface area contributed by atoms with Gasteiger partial charge in [-0.15, -0.1) is 0 Å². The van der Waals surface area contributed by atoms with Crippen molar-refractivity contribution < 1.29 is 9.47 Å². The zero-order chi connectivity index (χ0) is 13.2. The lowest BCUT2D eigenvalue weighted by Gasteiger charge is -2.14. The second kappa shape index (κ2) is 8.95. The Kier molecular flexibility index (Phi) is 7.46. The van der Waals surface area contributed by atoms with Gasteiger partial charge in [-0.3, -0.25) is 0 Å². The van der Waals surface area contributed by atoms with E-state index in [0.29, 0.717) is 6.04 Å². The Labute approximate surface area is 110 Å². The smallest absolute Gasteiger partial charge is 0.118 e. The summed E-state index contributed by atoms with van der Waals surface area (Å²) in [6.45, 7) is 4.13. The first-order valence-electron chi connectivity index (χ1n) is 6.61. The molecule has 0 fully saturated rings. The Bertz CT molecular complexity index is 311. The van der Waals surface area contributed by atoms with Crippen molar-refractivity contribution in [2.45, 2.75) is 32.2 Å². The number of benzene rings is 1. The van der Waals surface area contributed by atoms with Crippen LogP contribution in [0.1, 0.15) is 25.3 Å². The van der Waals surface area contributed by atoms with Crippen molar-refractivity contribution in [2.75, 3.05) is 27.4 Å². The van der Waals surface area contributed by atoms with Crippen LogP contribution in [0.5, 0.6) is 5.75 Å². The molecule has 0 aromatic heterocycles. The number of ether oxygens (including phenoxy) is 2. The van der Waals surface area contributed by atoms with E-state index in [2.05, 4.69) is 24.4 Å². The summed E-state index contributed by atoms with van der Waals surface area (Å²) in [5, 5.41) is 3.53. The minimum Gasteiger partial charge on any atom is -0.497 e. The predicted octanol–water partition coefficient (Wildman–Crippen LogP) is 2.64. The van der Waals surface area contributed by atoms with Crippen molar-refractivity contribution in [1.82, 2.24) is 5.32 Å². The summed E-state index contributed by atoms with van der Waals surface area (Å²) in [6, 6.07) is 8.78. The molecule has 0 radical (unpaired) electrons. The number of hydrogen-bond donors (Lipinski definition) is 1. The lowest BCUT2D eigenvalue weighted by Crippen LogP contribution is -2.29. The maximum Gasteiger partial charge on any atom is 0.118 e. The summed E-state index contributed by atoms with van der Waals surface area (Å²) in [4.78, 5) is 0. The zero-order valence-corrected chi connectivity index (χ0v) is 11.7. The second-order valence-electron chi connectivity index (χ2n) is 4.61. The first kappa shape index (κ1) is 15.0. The molecule has 0 saturated heterocycles. The molecule has 1 unspecified atom stereocenters. The first-order valence-corrected chi connectivity index (χ1v) is 6.61. The Morgan fingerprint density at radius 1 is 1.11 bits per heavy atom. The number of rotatable bonds is 9. The SMILES string of the molecule is COCCCCNC(C)Cc1ccc(OC)cc1. The third kappa shape index (κ3) is 6.03. The van der Waals surface area contributed by atoms with E-state index < -0.39 is 0 Å². The monoisotopic (exact) mass is 251 g/mol. The molecule has 1 rings (SSSR count). The van der Waals surface area contributed by atoms with Gasteiger partial charge in [0.05, 0.1) is 7.11 Å². The number of unbranched alkanes of at least 4 members (excludes halogenated alkanes) is 1. The number of hydrogen-bond acceptors (Lipinski definition) is 3. The van der Waals surface area contributed by atoms with Gasteiger partial charge in [0.15, 0.2) is 0 Å². The van der Waals surface area contributed by atoms with Crippen molar-refractivity contribution in [1.29, 1.82) is 0 Å². The Morgan fingerprint density at radius 3 is 2.44 bits per heavy atom. The molecule has 0 amide bonds. The highest BCUT2D eigenvalue weighted by atomic mass is 16.5. The maximum absolute atomic E-state index is 5.15. The molecule has 0 bridgehead atoms. The fourth-order valence-corrected chi connectivity index (χ4v) is 1.91. The van der Waals surface area contributed by atoms with Gasteiger partial charge in [0, 0.05) is 19.8 Å². The molecule has 1 aromatic carbocycles. The minimum absolute atomic E-state index is 0.501. The van der Waals surface area contributed by atoms with E-state index in [1.807, 2.05) is 12.1 Å². The lowest BCUT2D eigenvalue weighted by atomic mass is 10.1. The molecular formula is C15H25NO2. The Balaban J connectivity index is 2.20. The van der Waals surface area contributed by atoms with E-state index >= 15 is 0 Å².